The van der Waals surface area contributed by atoms with Crippen LogP contribution in [0.5, 0.6) is 11.5 Å². The molecule has 0 aliphatic carbocycles. The molecule has 5 heteroatoms. The lowest BCUT2D eigenvalue weighted by atomic mass is 10.1. The van der Waals surface area contributed by atoms with Crippen LogP contribution in [0.2, 0.25) is 0 Å². The van der Waals surface area contributed by atoms with Crippen LogP contribution in [0, 0.1) is 0 Å². The number of nitrogens with one attached hydrogen (secondary N) is 1. The van der Waals surface area contributed by atoms with Crippen LogP contribution < -0.4 is 14.8 Å². The fourth-order valence-electron chi connectivity index (χ4n) is 2.16. The largest absolute Gasteiger partial charge is 0.497 e. The molecule has 5 nitrogen and oxygen atoms in total. The maximum atomic E-state index is 12.5. The summed E-state index contributed by atoms with van der Waals surface area (Å²) in [6.07, 6.45) is 0. The summed E-state index contributed by atoms with van der Waals surface area (Å²) in [5.41, 5.74) is 0.602. The predicted molar refractivity (Wildman–Crippen MR) is 72.9 cm³/mol. The predicted octanol–water partition coefficient (Wildman–Crippen LogP) is 1.14. The lowest BCUT2D eigenvalue weighted by Crippen LogP contribution is -2.58. The first-order chi connectivity index (χ1) is 9.19. The molecule has 1 aliphatic rings. The first-order valence-corrected chi connectivity index (χ1v) is 6.44. The van der Waals surface area contributed by atoms with Crippen molar-refractivity contribution in [3.63, 3.8) is 0 Å². The molecule has 0 unspecified atom stereocenters. The highest BCUT2D eigenvalue weighted by Gasteiger charge is 2.28. The minimum absolute atomic E-state index is 0.0196. The van der Waals surface area contributed by atoms with E-state index in [1.807, 2.05) is 11.8 Å². The average molecular weight is 264 g/mol. The van der Waals surface area contributed by atoms with Gasteiger partial charge in [-0.2, -0.15) is 0 Å². The fourth-order valence-corrected chi connectivity index (χ4v) is 2.16. The first-order valence-electron chi connectivity index (χ1n) is 6.44. The standard InChI is InChI=1S/C14H20N2O3/c1-4-16(11-8-15-9-11)14(17)10-5-12(18-2)7-13(6-10)19-3/h5-7,11,15H,4,8-9H2,1-3H3. The molecule has 1 amide bonds. The highest BCUT2D eigenvalue weighted by Crippen LogP contribution is 2.24. The Morgan fingerprint density at radius 2 is 1.84 bits per heavy atom. The van der Waals surface area contributed by atoms with Gasteiger partial charge in [-0.25, -0.2) is 0 Å². The Bertz CT molecular complexity index is 436. The minimum Gasteiger partial charge on any atom is -0.497 e. The zero-order valence-corrected chi connectivity index (χ0v) is 11.6. The number of ether oxygens (including phenoxy) is 2. The van der Waals surface area contributed by atoms with Crippen LogP contribution in [0.1, 0.15) is 17.3 Å². The maximum Gasteiger partial charge on any atom is 0.254 e. The summed E-state index contributed by atoms with van der Waals surface area (Å²) in [6.45, 7) is 4.42. The molecule has 1 saturated heterocycles. The smallest absolute Gasteiger partial charge is 0.254 e. The molecule has 0 spiro atoms. The van der Waals surface area contributed by atoms with Gasteiger partial charge in [-0.3, -0.25) is 4.79 Å². The van der Waals surface area contributed by atoms with Crippen LogP contribution in [-0.4, -0.2) is 50.7 Å². The number of methoxy groups -OCH3 is 2. The third kappa shape index (κ3) is 2.81. The van der Waals surface area contributed by atoms with Crippen LogP contribution in [0.15, 0.2) is 18.2 Å². The molecule has 104 valence electrons. The number of nitrogens with zero attached hydrogens (tertiary/aromatic N) is 1. The van der Waals surface area contributed by atoms with Crippen molar-refractivity contribution in [2.45, 2.75) is 13.0 Å². The zero-order chi connectivity index (χ0) is 13.8. The van der Waals surface area contributed by atoms with Gasteiger partial charge in [-0.15, -0.1) is 0 Å². The Morgan fingerprint density at radius 3 is 2.21 bits per heavy atom. The van der Waals surface area contributed by atoms with E-state index in [-0.39, 0.29) is 11.9 Å². The third-order valence-electron chi connectivity index (χ3n) is 3.40. The van der Waals surface area contributed by atoms with Gasteiger partial charge in [-0.05, 0) is 19.1 Å². The second kappa shape index (κ2) is 5.93. The molecule has 1 N–H and O–H groups in total. The molecule has 0 bridgehead atoms. The van der Waals surface area contributed by atoms with E-state index in [1.165, 1.54) is 0 Å². The van der Waals surface area contributed by atoms with Gasteiger partial charge in [0.05, 0.1) is 20.3 Å². The second-order valence-corrected chi connectivity index (χ2v) is 4.50. The van der Waals surface area contributed by atoms with E-state index in [0.29, 0.717) is 23.6 Å². The quantitative estimate of drug-likeness (QED) is 0.866. The Morgan fingerprint density at radius 1 is 1.26 bits per heavy atom. The number of likely N-dealkylation sites (N-methyl/N-ethyl adjacent to an activating group) is 1. The topological polar surface area (TPSA) is 50.8 Å². The molecule has 1 heterocycles. The Labute approximate surface area is 113 Å². The van der Waals surface area contributed by atoms with Gasteiger partial charge < -0.3 is 19.7 Å². The van der Waals surface area contributed by atoms with Gasteiger partial charge in [0.1, 0.15) is 11.5 Å². The maximum absolute atomic E-state index is 12.5. The number of rotatable bonds is 5. The van der Waals surface area contributed by atoms with E-state index in [9.17, 15) is 4.79 Å². The van der Waals surface area contributed by atoms with Crippen molar-refractivity contribution < 1.29 is 14.3 Å². The van der Waals surface area contributed by atoms with E-state index in [1.54, 1.807) is 32.4 Å². The molecule has 2 rings (SSSR count). The molecule has 0 atom stereocenters. The SMILES string of the molecule is CCN(C(=O)c1cc(OC)cc(OC)c1)C1CNC1. The van der Waals surface area contributed by atoms with Crippen molar-refractivity contribution in [1.29, 1.82) is 0 Å². The highest BCUT2D eigenvalue weighted by molar-refractivity contribution is 5.95. The Kier molecular flexibility index (Phi) is 4.27. The summed E-state index contributed by atoms with van der Waals surface area (Å²) in [5, 5.41) is 3.18. The Hall–Kier alpha value is -1.75. The zero-order valence-electron chi connectivity index (χ0n) is 11.6. The van der Waals surface area contributed by atoms with Crippen molar-refractivity contribution in [2.75, 3.05) is 33.9 Å². The molecular formula is C14H20N2O3. The monoisotopic (exact) mass is 264 g/mol. The van der Waals surface area contributed by atoms with E-state index in [2.05, 4.69) is 5.32 Å². The molecular weight excluding hydrogens is 244 g/mol. The summed E-state index contributed by atoms with van der Waals surface area (Å²) >= 11 is 0. The molecule has 1 aromatic rings. The van der Waals surface area contributed by atoms with Gasteiger partial charge >= 0.3 is 0 Å². The Balaban J connectivity index is 2.25. The van der Waals surface area contributed by atoms with Crippen molar-refractivity contribution in [3.8, 4) is 11.5 Å². The van der Waals surface area contributed by atoms with Crippen LogP contribution in [0.3, 0.4) is 0 Å². The number of carbonyl (C=O) groups excluding carboxylic acids is 1. The van der Waals surface area contributed by atoms with Gasteiger partial charge in [0, 0.05) is 31.3 Å². The number of hydrogen-bond acceptors (Lipinski definition) is 4. The van der Waals surface area contributed by atoms with Crippen LogP contribution >= 0.6 is 0 Å². The molecule has 1 aliphatic heterocycles. The number of carbonyl (C=O) groups is 1. The van der Waals surface area contributed by atoms with Gasteiger partial charge in [-0.1, -0.05) is 0 Å². The van der Waals surface area contributed by atoms with Gasteiger partial charge in [0.15, 0.2) is 0 Å². The van der Waals surface area contributed by atoms with Crippen molar-refractivity contribution in [2.24, 2.45) is 0 Å². The van der Waals surface area contributed by atoms with E-state index in [4.69, 9.17) is 9.47 Å². The third-order valence-corrected chi connectivity index (χ3v) is 3.40. The summed E-state index contributed by atoms with van der Waals surface area (Å²) in [4.78, 5) is 14.4. The van der Waals surface area contributed by atoms with Crippen molar-refractivity contribution in [3.05, 3.63) is 23.8 Å². The highest BCUT2D eigenvalue weighted by atomic mass is 16.5. The van der Waals surface area contributed by atoms with Crippen molar-refractivity contribution in [1.82, 2.24) is 10.2 Å². The molecule has 0 radical (unpaired) electrons. The minimum atomic E-state index is 0.0196. The summed E-state index contributed by atoms with van der Waals surface area (Å²) in [5.74, 6) is 1.28. The molecule has 1 aromatic carbocycles. The second-order valence-electron chi connectivity index (χ2n) is 4.50. The van der Waals surface area contributed by atoms with Gasteiger partial charge in [0.2, 0.25) is 0 Å². The number of benzene rings is 1. The fraction of sp³-hybridized carbons (Fsp3) is 0.500. The van der Waals surface area contributed by atoms with E-state index >= 15 is 0 Å². The lowest BCUT2D eigenvalue weighted by Gasteiger charge is -2.37. The molecule has 19 heavy (non-hydrogen) atoms. The van der Waals surface area contributed by atoms with E-state index < -0.39 is 0 Å². The normalized spacial score (nSPS) is 14.7. The molecule has 0 saturated carbocycles. The summed E-state index contributed by atoms with van der Waals surface area (Å²) in [6, 6.07) is 5.55. The van der Waals surface area contributed by atoms with Crippen LogP contribution in [0.25, 0.3) is 0 Å². The summed E-state index contributed by atoms with van der Waals surface area (Å²) in [7, 11) is 3.16. The average Bonchev–Trinajstić information content (AvgIpc) is 2.41. The first kappa shape index (κ1) is 13.7. The van der Waals surface area contributed by atoms with E-state index in [0.717, 1.165) is 13.1 Å². The lowest BCUT2D eigenvalue weighted by molar-refractivity contribution is 0.0629. The van der Waals surface area contributed by atoms with Gasteiger partial charge in [0.25, 0.3) is 5.91 Å². The summed E-state index contributed by atoms with van der Waals surface area (Å²) < 4.78 is 10.4. The van der Waals surface area contributed by atoms with Crippen LogP contribution in [-0.2, 0) is 0 Å². The number of amides is 1. The molecule has 0 aromatic heterocycles. The van der Waals surface area contributed by atoms with Crippen LogP contribution in [0.4, 0.5) is 0 Å². The molecule has 1 fully saturated rings. The number of hydrogen-bond donors (Lipinski definition) is 1. The van der Waals surface area contributed by atoms with Crippen molar-refractivity contribution >= 4 is 5.91 Å².